The number of piperidine rings is 1. The van der Waals surface area contributed by atoms with Gasteiger partial charge in [0.1, 0.15) is 0 Å². The lowest BCUT2D eigenvalue weighted by atomic mass is 9.64. The van der Waals surface area contributed by atoms with Gasteiger partial charge in [0.05, 0.1) is 0 Å². The van der Waals surface area contributed by atoms with Crippen molar-refractivity contribution in [2.24, 2.45) is 11.3 Å². The molecule has 28 heavy (non-hydrogen) atoms. The molecule has 2 saturated carbocycles. The molecule has 0 radical (unpaired) electrons. The highest BCUT2D eigenvalue weighted by Gasteiger charge is 2.51. The van der Waals surface area contributed by atoms with Crippen molar-refractivity contribution < 1.29 is 9.59 Å². The minimum Gasteiger partial charge on any atom is -0.339 e. The summed E-state index contributed by atoms with van der Waals surface area (Å²) in [6.07, 6.45) is 10.5. The molecule has 4 rings (SSSR count). The first-order chi connectivity index (χ1) is 13.6. The normalized spacial score (nSPS) is 24.0. The van der Waals surface area contributed by atoms with E-state index in [1.54, 1.807) is 0 Å². The van der Waals surface area contributed by atoms with E-state index in [9.17, 15) is 9.59 Å². The second-order valence-electron chi connectivity index (χ2n) is 8.88. The largest absolute Gasteiger partial charge is 0.339 e. The Hall–Kier alpha value is -2.10. The summed E-state index contributed by atoms with van der Waals surface area (Å²) in [5.74, 6) is 0.333. The first-order valence-electron chi connectivity index (χ1n) is 10.9. The Balaban J connectivity index is 1.51. The van der Waals surface area contributed by atoms with Crippen LogP contribution in [-0.2, 0) is 16.1 Å². The van der Waals surface area contributed by atoms with E-state index in [0.717, 1.165) is 25.8 Å². The van der Waals surface area contributed by atoms with Gasteiger partial charge in [-0.1, -0.05) is 49.8 Å². The summed E-state index contributed by atoms with van der Waals surface area (Å²) in [5.41, 5.74) is 1.60. The van der Waals surface area contributed by atoms with Crippen LogP contribution >= 0.6 is 0 Å². The molecule has 0 bridgehead atoms. The minimum atomic E-state index is -0.0174. The maximum Gasteiger partial charge on any atom is 0.245 e. The predicted octanol–water partition coefficient (Wildman–Crippen LogP) is 4.16. The van der Waals surface area contributed by atoms with Crippen molar-refractivity contribution in [3.8, 4) is 0 Å². The summed E-state index contributed by atoms with van der Waals surface area (Å²) in [7, 11) is 0. The quantitative estimate of drug-likeness (QED) is 0.720. The number of carbonyl (C=O) groups is 2. The molecule has 2 amide bonds. The van der Waals surface area contributed by atoms with Crippen molar-refractivity contribution in [1.29, 1.82) is 0 Å². The van der Waals surface area contributed by atoms with E-state index in [-0.39, 0.29) is 11.8 Å². The average Bonchev–Trinajstić information content (AvgIpc) is 3.17. The highest BCUT2D eigenvalue weighted by molar-refractivity contribution is 5.87. The van der Waals surface area contributed by atoms with Gasteiger partial charge in [0, 0.05) is 31.6 Å². The van der Waals surface area contributed by atoms with Crippen molar-refractivity contribution in [3.05, 3.63) is 48.6 Å². The third-order valence-corrected chi connectivity index (χ3v) is 7.39. The number of amides is 2. The third-order valence-electron chi connectivity index (χ3n) is 7.39. The first kappa shape index (κ1) is 19.2. The zero-order valence-electron chi connectivity index (χ0n) is 16.8. The molecular formula is C24H32N2O2. The summed E-state index contributed by atoms with van der Waals surface area (Å²) < 4.78 is 0. The Morgan fingerprint density at radius 3 is 2.36 bits per heavy atom. The van der Waals surface area contributed by atoms with Crippen LogP contribution in [0.25, 0.3) is 0 Å². The van der Waals surface area contributed by atoms with Crippen LogP contribution in [0.5, 0.6) is 0 Å². The first-order valence-corrected chi connectivity index (χ1v) is 10.9. The number of benzene rings is 1. The maximum atomic E-state index is 13.7. The van der Waals surface area contributed by atoms with Crippen LogP contribution in [0.15, 0.2) is 43.0 Å². The van der Waals surface area contributed by atoms with E-state index in [1.807, 2.05) is 11.0 Å². The predicted molar refractivity (Wildman–Crippen MR) is 110 cm³/mol. The smallest absolute Gasteiger partial charge is 0.245 e. The average molecular weight is 381 g/mol. The van der Waals surface area contributed by atoms with Crippen LogP contribution in [-0.4, -0.2) is 40.7 Å². The fourth-order valence-electron chi connectivity index (χ4n) is 5.65. The summed E-state index contributed by atoms with van der Waals surface area (Å²) in [5, 5.41) is 0. The molecule has 0 aromatic heterocycles. The second kappa shape index (κ2) is 8.10. The van der Waals surface area contributed by atoms with Crippen molar-refractivity contribution in [2.45, 2.75) is 64.0 Å². The van der Waals surface area contributed by atoms with Crippen LogP contribution in [0, 0.1) is 11.3 Å². The SMILES string of the molecule is C=CC(=O)N1CCC(C(=O)N(Cc2ccccc2)C2CCCC23CCC3)CC1. The van der Waals surface area contributed by atoms with Crippen molar-refractivity contribution in [3.63, 3.8) is 0 Å². The molecule has 4 nitrogen and oxygen atoms in total. The Morgan fingerprint density at radius 2 is 1.75 bits per heavy atom. The number of likely N-dealkylation sites (tertiary alicyclic amines) is 1. The number of hydrogen-bond acceptors (Lipinski definition) is 2. The summed E-state index contributed by atoms with van der Waals surface area (Å²) in [6.45, 7) is 5.63. The number of nitrogens with zero attached hydrogens (tertiary/aromatic N) is 2. The molecule has 150 valence electrons. The Bertz CT molecular complexity index is 717. The van der Waals surface area contributed by atoms with Crippen molar-refractivity contribution in [2.75, 3.05) is 13.1 Å². The number of hydrogen-bond donors (Lipinski definition) is 0. The van der Waals surface area contributed by atoms with Crippen LogP contribution in [0.1, 0.15) is 56.9 Å². The van der Waals surface area contributed by atoms with E-state index < -0.39 is 0 Å². The zero-order valence-corrected chi connectivity index (χ0v) is 16.8. The molecule has 1 aromatic carbocycles. The molecule has 1 unspecified atom stereocenters. The molecule has 1 aliphatic heterocycles. The molecular weight excluding hydrogens is 348 g/mol. The molecule has 0 N–H and O–H groups in total. The van der Waals surface area contributed by atoms with Gasteiger partial charge in [0.25, 0.3) is 0 Å². The monoisotopic (exact) mass is 380 g/mol. The van der Waals surface area contributed by atoms with Gasteiger partial charge in [-0.05, 0) is 55.6 Å². The molecule has 1 atom stereocenters. The fraction of sp³-hybridized carbons (Fsp3) is 0.583. The van der Waals surface area contributed by atoms with Crippen LogP contribution in [0.3, 0.4) is 0 Å². The maximum absolute atomic E-state index is 13.7. The Labute approximate surface area is 168 Å². The minimum absolute atomic E-state index is 0.0174. The number of rotatable bonds is 5. The van der Waals surface area contributed by atoms with E-state index in [0.29, 0.717) is 30.5 Å². The topological polar surface area (TPSA) is 40.6 Å². The molecule has 3 fully saturated rings. The van der Waals surface area contributed by atoms with Gasteiger partial charge in [-0.25, -0.2) is 0 Å². The lowest BCUT2D eigenvalue weighted by Gasteiger charge is -2.49. The van der Waals surface area contributed by atoms with Gasteiger partial charge in [0.15, 0.2) is 0 Å². The summed E-state index contributed by atoms with van der Waals surface area (Å²) >= 11 is 0. The zero-order chi connectivity index (χ0) is 19.6. The van der Waals surface area contributed by atoms with Gasteiger partial charge in [-0.2, -0.15) is 0 Å². The molecule has 1 heterocycles. The van der Waals surface area contributed by atoms with Crippen LogP contribution in [0.4, 0.5) is 0 Å². The third kappa shape index (κ3) is 3.61. The molecule has 1 aromatic rings. The molecule has 2 aliphatic carbocycles. The Morgan fingerprint density at radius 1 is 1.07 bits per heavy atom. The van der Waals surface area contributed by atoms with Gasteiger partial charge in [0.2, 0.25) is 11.8 Å². The Kier molecular flexibility index (Phi) is 5.56. The molecule has 1 spiro atoms. The van der Waals surface area contributed by atoms with Crippen molar-refractivity contribution >= 4 is 11.8 Å². The molecule has 4 heteroatoms. The van der Waals surface area contributed by atoms with Crippen molar-refractivity contribution in [1.82, 2.24) is 9.80 Å². The van der Waals surface area contributed by atoms with Gasteiger partial charge in [-0.15, -0.1) is 0 Å². The highest BCUT2D eigenvalue weighted by atomic mass is 16.2. The van der Waals surface area contributed by atoms with Gasteiger partial charge >= 0.3 is 0 Å². The van der Waals surface area contributed by atoms with E-state index >= 15 is 0 Å². The molecule has 3 aliphatic rings. The lowest BCUT2D eigenvalue weighted by molar-refractivity contribution is -0.146. The fourth-order valence-corrected chi connectivity index (χ4v) is 5.65. The standard InChI is InChI=1S/C24H32N2O2/c1-2-22(27)25-16-11-20(12-17-25)23(28)26(18-19-8-4-3-5-9-19)21-10-6-13-24(21)14-7-15-24/h2-5,8-9,20-21H,1,6-7,10-18H2. The number of carbonyl (C=O) groups excluding carboxylic acids is 2. The lowest BCUT2D eigenvalue weighted by Crippen LogP contribution is -2.53. The summed E-state index contributed by atoms with van der Waals surface area (Å²) in [6, 6.07) is 10.8. The van der Waals surface area contributed by atoms with Gasteiger partial charge in [-0.3, -0.25) is 9.59 Å². The van der Waals surface area contributed by atoms with E-state index in [4.69, 9.17) is 0 Å². The van der Waals surface area contributed by atoms with Crippen LogP contribution < -0.4 is 0 Å². The van der Waals surface area contributed by atoms with E-state index in [1.165, 1.54) is 43.7 Å². The second-order valence-corrected chi connectivity index (χ2v) is 8.88. The summed E-state index contributed by atoms with van der Waals surface area (Å²) in [4.78, 5) is 29.6. The van der Waals surface area contributed by atoms with Gasteiger partial charge < -0.3 is 9.80 Å². The van der Waals surface area contributed by atoms with Crippen LogP contribution in [0.2, 0.25) is 0 Å². The molecule has 1 saturated heterocycles. The van der Waals surface area contributed by atoms with E-state index in [2.05, 4.69) is 35.7 Å². The highest BCUT2D eigenvalue weighted by Crippen LogP contribution is 2.55.